The van der Waals surface area contributed by atoms with Crippen LogP contribution >= 0.6 is 0 Å². The molecule has 0 saturated heterocycles. The molecule has 106 valence electrons. The van der Waals surface area contributed by atoms with Gasteiger partial charge in [-0.15, -0.1) is 0 Å². The first kappa shape index (κ1) is 13.4. The van der Waals surface area contributed by atoms with Crippen LogP contribution < -0.4 is 10.1 Å². The Morgan fingerprint density at radius 2 is 1.86 bits per heavy atom. The highest BCUT2D eigenvalue weighted by Gasteiger charge is 2.12. The summed E-state index contributed by atoms with van der Waals surface area (Å²) in [5.74, 6) is 2.22. The first-order chi connectivity index (χ1) is 10.3. The average Bonchev–Trinajstić information content (AvgIpc) is 2.55. The molecule has 3 rings (SSSR count). The molecular weight excluding hydrogens is 262 g/mol. The van der Waals surface area contributed by atoms with E-state index < -0.39 is 0 Å². The van der Waals surface area contributed by atoms with Gasteiger partial charge in [-0.2, -0.15) is 0 Å². The zero-order valence-corrected chi connectivity index (χ0v) is 12.1. The quantitative estimate of drug-likeness (QED) is 0.783. The highest BCUT2D eigenvalue weighted by Crippen LogP contribution is 2.32. The van der Waals surface area contributed by atoms with Crippen LogP contribution in [0.4, 0.5) is 5.82 Å². The van der Waals surface area contributed by atoms with Gasteiger partial charge in [-0.25, -0.2) is 9.97 Å². The van der Waals surface area contributed by atoms with Crippen molar-refractivity contribution in [1.82, 2.24) is 9.97 Å². The maximum Gasteiger partial charge on any atom is 0.227 e. The molecule has 0 amide bonds. The molecule has 0 bridgehead atoms. The second-order valence-corrected chi connectivity index (χ2v) is 4.69. The van der Waals surface area contributed by atoms with Gasteiger partial charge in [0.05, 0.1) is 5.56 Å². The summed E-state index contributed by atoms with van der Waals surface area (Å²) in [4.78, 5) is 8.52. The highest BCUT2D eigenvalue weighted by molar-refractivity contribution is 5.88. The lowest BCUT2D eigenvalue weighted by atomic mass is 10.1. The van der Waals surface area contributed by atoms with Gasteiger partial charge < -0.3 is 10.1 Å². The summed E-state index contributed by atoms with van der Waals surface area (Å²) in [6, 6.07) is 14.2. The zero-order valence-electron chi connectivity index (χ0n) is 12.1. The van der Waals surface area contributed by atoms with E-state index in [0.29, 0.717) is 5.88 Å². The Morgan fingerprint density at radius 1 is 1.05 bits per heavy atom. The van der Waals surface area contributed by atoms with E-state index in [0.717, 1.165) is 34.3 Å². The van der Waals surface area contributed by atoms with Crippen molar-refractivity contribution in [2.24, 2.45) is 0 Å². The van der Waals surface area contributed by atoms with Crippen LogP contribution in [0.15, 0.2) is 48.8 Å². The van der Waals surface area contributed by atoms with Crippen molar-refractivity contribution >= 4 is 16.6 Å². The van der Waals surface area contributed by atoms with Gasteiger partial charge in [-0.1, -0.05) is 43.3 Å². The highest BCUT2D eigenvalue weighted by atomic mass is 16.5. The SMILES string of the molecule is CCc1c(NC)ncnc1Oc1cccc2ccccc12. The predicted molar refractivity (Wildman–Crippen MR) is 85.0 cm³/mol. The molecule has 1 N–H and O–H groups in total. The molecule has 0 spiro atoms. The first-order valence-electron chi connectivity index (χ1n) is 7.00. The Kier molecular flexibility index (Phi) is 3.69. The van der Waals surface area contributed by atoms with Crippen LogP contribution in [0.1, 0.15) is 12.5 Å². The number of hydrogen-bond acceptors (Lipinski definition) is 4. The van der Waals surface area contributed by atoms with Crippen LogP contribution in [0.2, 0.25) is 0 Å². The lowest BCUT2D eigenvalue weighted by Gasteiger charge is -2.13. The number of fused-ring (bicyclic) bond motifs is 1. The van der Waals surface area contributed by atoms with Gasteiger partial charge in [-0.05, 0) is 17.9 Å². The molecule has 21 heavy (non-hydrogen) atoms. The van der Waals surface area contributed by atoms with E-state index in [1.54, 1.807) is 0 Å². The number of nitrogens with zero attached hydrogens (tertiary/aromatic N) is 2. The van der Waals surface area contributed by atoms with E-state index in [9.17, 15) is 0 Å². The molecular formula is C17H17N3O. The summed E-state index contributed by atoms with van der Waals surface area (Å²) >= 11 is 0. The minimum Gasteiger partial charge on any atom is -0.438 e. The summed E-state index contributed by atoms with van der Waals surface area (Å²) in [7, 11) is 1.85. The molecule has 2 aromatic carbocycles. The maximum atomic E-state index is 6.07. The van der Waals surface area contributed by atoms with Gasteiger partial charge in [0.25, 0.3) is 0 Å². The van der Waals surface area contributed by atoms with Crippen molar-refractivity contribution in [3.63, 3.8) is 0 Å². The van der Waals surface area contributed by atoms with Gasteiger partial charge in [0.2, 0.25) is 5.88 Å². The van der Waals surface area contributed by atoms with Gasteiger partial charge in [0, 0.05) is 12.4 Å². The fourth-order valence-electron chi connectivity index (χ4n) is 2.41. The molecule has 4 nitrogen and oxygen atoms in total. The summed E-state index contributed by atoms with van der Waals surface area (Å²) in [5.41, 5.74) is 0.980. The minimum absolute atomic E-state index is 0.605. The van der Waals surface area contributed by atoms with Crippen LogP contribution in [0.25, 0.3) is 10.8 Å². The van der Waals surface area contributed by atoms with Crippen molar-refractivity contribution in [2.75, 3.05) is 12.4 Å². The monoisotopic (exact) mass is 279 g/mol. The maximum absolute atomic E-state index is 6.07. The molecule has 0 aliphatic heterocycles. The molecule has 1 aromatic heterocycles. The van der Waals surface area contributed by atoms with Gasteiger partial charge in [0.15, 0.2) is 0 Å². The third-order valence-electron chi connectivity index (χ3n) is 3.45. The number of ether oxygens (including phenoxy) is 1. The molecule has 0 radical (unpaired) electrons. The molecule has 4 heteroatoms. The average molecular weight is 279 g/mol. The molecule has 0 atom stereocenters. The van der Waals surface area contributed by atoms with Crippen molar-refractivity contribution < 1.29 is 4.74 Å². The molecule has 0 aliphatic rings. The summed E-state index contributed by atoms with van der Waals surface area (Å²) < 4.78 is 6.07. The lowest BCUT2D eigenvalue weighted by molar-refractivity contribution is 0.460. The van der Waals surface area contributed by atoms with Crippen LogP contribution in [-0.2, 0) is 6.42 Å². The molecule has 1 heterocycles. The van der Waals surface area contributed by atoms with Gasteiger partial charge in [-0.3, -0.25) is 0 Å². The largest absolute Gasteiger partial charge is 0.438 e. The van der Waals surface area contributed by atoms with Gasteiger partial charge >= 0.3 is 0 Å². The molecule has 0 fully saturated rings. The van der Waals surface area contributed by atoms with E-state index in [1.807, 2.05) is 31.3 Å². The Hall–Kier alpha value is -2.62. The van der Waals surface area contributed by atoms with E-state index in [1.165, 1.54) is 6.33 Å². The molecule has 3 aromatic rings. The Bertz CT molecular complexity index is 766. The first-order valence-corrected chi connectivity index (χ1v) is 7.00. The van der Waals surface area contributed by atoms with E-state index in [4.69, 9.17) is 4.74 Å². The molecule has 0 saturated carbocycles. The van der Waals surface area contributed by atoms with E-state index in [2.05, 4.69) is 40.4 Å². The molecule has 0 aliphatic carbocycles. The second-order valence-electron chi connectivity index (χ2n) is 4.69. The number of aromatic nitrogens is 2. The molecule has 0 unspecified atom stereocenters. The van der Waals surface area contributed by atoms with Crippen molar-refractivity contribution in [2.45, 2.75) is 13.3 Å². The van der Waals surface area contributed by atoms with Gasteiger partial charge in [0.1, 0.15) is 17.9 Å². The Morgan fingerprint density at radius 3 is 2.67 bits per heavy atom. The van der Waals surface area contributed by atoms with Crippen LogP contribution in [0.5, 0.6) is 11.6 Å². The third-order valence-corrected chi connectivity index (χ3v) is 3.45. The van der Waals surface area contributed by atoms with E-state index >= 15 is 0 Å². The lowest BCUT2D eigenvalue weighted by Crippen LogP contribution is -2.02. The summed E-state index contributed by atoms with van der Waals surface area (Å²) in [5, 5.41) is 5.30. The van der Waals surface area contributed by atoms with Crippen molar-refractivity contribution in [3.05, 3.63) is 54.4 Å². The fourth-order valence-corrected chi connectivity index (χ4v) is 2.41. The van der Waals surface area contributed by atoms with E-state index in [-0.39, 0.29) is 0 Å². The normalized spacial score (nSPS) is 10.6. The Balaban J connectivity index is 2.07. The summed E-state index contributed by atoms with van der Waals surface area (Å²) in [6.07, 6.45) is 2.32. The third kappa shape index (κ3) is 2.52. The zero-order chi connectivity index (χ0) is 14.7. The number of nitrogens with one attached hydrogen (secondary N) is 1. The number of benzene rings is 2. The Labute approximate surface area is 123 Å². The number of hydrogen-bond donors (Lipinski definition) is 1. The fraction of sp³-hybridized carbons (Fsp3) is 0.176. The van der Waals surface area contributed by atoms with Crippen molar-refractivity contribution in [3.8, 4) is 11.6 Å². The number of rotatable bonds is 4. The standard InChI is InChI=1S/C17H17N3O/c1-3-13-16(18-2)19-11-20-17(13)21-15-10-6-8-12-7-4-5-9-14(12)15/h4-11H,3H2,1-2H3,(H,18,19,20). The van der Waals surface area contributed by atoms with Crippen LogP contribution in [0.3, 0.4) is 0 Å². The minimum atomic E-state index is 0.605. The van der Waals surface area contributed by atoms with Crippen LogP contribution in [0, 0.1) is 0 Å². The summed E-state index contributed by atoms with van der Waals surface area (Å²) in [6.45, 7) is 2.06. The second kappa shape index (κ2) is 5.79. The smallest absolute Gasteiger partial charge is 0.227 e. The predicted octanol–water partition coefficient (Wildman–Crippen LogP) is 4.03. The number of anilines is 1. The van der Waals surface area contributed by atoms with Crippen LogP contribution in [-0.4, -0.2) is 17.0 Å². The topological polar surface area (TPSA) is 47.0 Å². The van der Waals surface area contributed by atoms with Crippen molar-refractivity contribution in [1.29, 1.82) is 0 Å².